The number of carbonyl (C=O) groups is 1. The highest BCUT2D eigenvalue weighted by molar-refractivity contribution is 7.99. The lowest BCUT2D eigenvalue weighted by Gasteiger charge is -2.34. The Morgan fingerprint density at radius 3 is 2.91 bits per heavy atom. The minimum atomic E-state index is -0.139. The smallest absolute Gasteiger partial charge is 0.309 e. The van der Waals surface area contributed by atoms with Gasteiger partial charge in [0.2, 0.25) is 0 Å². The van der Waals surface area contributed by atoms with E-state index in [2.05, 4.69) is 4.90 Å². The minimum absolute atomic E-state index is 0.0372. The number of benzene rings is 1. The van der Waals surface area contributed by atoms with Crippen molar-refractivity contribution >= 4 is 17.7 Å². The van der Waals surface area contributed by atoms with Gasteiger partial charge < -0.3 is 9.64 Å². The molecule has 2 heterocycles. The van der Waals surface area contributed by atoms with Crippen LogP contribution in [0.4, 0.5) is 4.39 Å². The maximum absolute atomic E-state index is 13.4. The Hall–Kier alpha value is -1.07. The molecule has 0 bridgehead atoms. The third-order valence-corrected chi connectivity index (χ3v) is 6.08. The largest absolute Gasteiger partial charge is 0.466 e. The van der Waals surface area contributed by atoms with E-state index in [4.69, 9.17) is 4.74 Å². The number of thioether (sulfide) groups is 1. The molecule has 5 heteroatoms. The van der Waals surface area contributed by atoms with E-state index in [1.54, 1.807) is 12.1 Å². The molecule has 0 aromatic heterocycles. The standard InChI is InChI=1S/C18H24FNO2S/c1-2-22-18(21)14-5-7-20(8-6-14)11-13-9-15-10-16(19)3-4-17(15)23-12-13/h3-4,10,13-14H,2,5-9,11-12H2,1H3. The molecule has 0 aliphatic carbocycles. The molecule has 0 saturated carbocycles. The van der Waals surface area contributed by atoms with Gasteiger partial charge in [0, 0.05) is 17.2 Å². The lowest BCUT2D eigenvalue weighted by atomic mass is 9.94. The summed E-state index contributed by atoms with van der Waals surface area (Å²) in [6.45, 7) is 5.28. The fourth-order valence-corrected chi connectivity index (χ4v) is 4.65. The van der Waals surface area contributed by atoms with Gasteiger partial charge in [0.25, 0.3) is 0 Å². The lowest BCUT2D eigenvalue weighted by molar-refractivity contribution is -0.149. The number of fused-ring (bicyclic) bond motifs is 1. The molecule has 23 heavy (non-hydrogen) atoms. The molecule has 2 aliphatic heterocycles. The Balaban J connectivity index is 1.49. The van der Waals surface area contributed by atoms with Crippen LogP contribution in [-0.4, -0.2) is 42.9 Å². The first kappa shape index (κ1) is 16.8. The molecule has 1 unspecified atom stereocenters. The number of halogens is 1. The van der Waals surface area contributed by atoms with E-state index >= 15 is 0 Å². The number of rotatable bonds is 4. The SMILES string of the molecule is CCOC(=O)C1CCN(CC2CSc3ccc(F)cc3C2)CC1. The molecule has 1 fully saturated rings. The summed E-state index contributed by atoms with van der Waals surface area (Å²) in [7, 11) is 0. The van der Waals surface area contributed by atoms with Gasteiger partial charge in [-0.05, 0) is 69.0 Å². The molecule has 0 N–H and O–H groups in total. The Morgan fingerprint density at radius 1 is 1.39 bits per heavy atom. The van der Waals surface area contributed by atoms with Gasteiger partial charge in [-0.25, -0.2) is 4.39 Å². The highest BCUT2D eigenvalue weighted by Gasteiger charge is 2.28. The fourth-order valence-electron chi connectivity index (χ4n) is 3.52. The molecular weight excluding hydrogens is 313 g/mol. The molecule has 1 aromatic carbocycles. The quantitative estimate of drug-likeness (QED) is 0.788. The number of likely N-dealkylation sites (tertiary alicyclic amines) is 1. The normalized spacial score (nSPS) is 22.6. The molecule has 0 spiro atoms. The Labute approximate surface area is 141 Å². The molecule has 0 amide bonds. The maximum Gasteiger partial charge on any atom is 0.309 e. The summed E-state index contributed by atoms with van der Waals surface area (Å²) >= 11 is 1.84. The van der Waals surface area contributed by atoms with Crippen molar-refractivity contribution in [1.29, 1.82) is 0 Å². The summed E-state index contributed by atoms with van der Waals surface area (Å²) in [4.78, 5) is 15.5. The van der Waals surface area contributed by atoms with Crippen molar-refractivity contribution in [2.75, 3.05) is 32.0 Å². The van der Waals surface area contributed by atoms with E-state index in [-0.39, 0.29) is 17.7 Å². The topological polar surface area (TPSA) is 29.5 Å². The van der Waals surface area contributed by atoms with Crippen molar-refractivity contribution in [2.24, 2.45) is 11.8 Å². The number of piperidine rings is 1. The van der Waals surface area contributed by atoms with Gasteiger partial charge >= 0.3 is 5.97 Å². The van der Waals surface area contributed by atoms with Gasteiger partial charge in [-0.1, -0.05) is 0 Å². The van der Waals surface area contributed by atoms with Crippen LogP contribution in [-0.2, 0) is 16.0 Å². The summed E-state index contributed by atoms with van der Waals surface area (Å²) < 4.78 is 18.5. The third-order valence-electron chi connectivity index (χ3n) is 4.73. The minimum Gasteiger partial charge on any atom is -0.466 e. The summed E-state index contributed by atoms with van der Waals surface area (Å²) in [5, 5.41) is 0. The van der Waals surface area contributed by atoms with Crippen LogP contribution < -0.4 is 0 Å². The summed E-state index contributed by atoms with van der Waals surface area (Å²) in [6.07, 6.45) is 2.74. The number of carbonyl (C=O) groups excluding carboxylic acids is 1. The number of hydrogen-bond acceptors (Lipinski definition) is 4. The van der Waals surface area contributed by atoms with Gasteiger partial charge in [0.05, 0.1) is 12.5 Å². The number of esters is 1. The first-order chi connectivity index (χ1) is 11.2. The highest BCUT2D eigenvalue weighted by Crippen LogP contribution is 2.34. The Morgan fingerprint density at radius 2 is 2.17 bits per heavy atom. The van der Waals surface area contributed by atoms with Crippen LogP contribution in [0.1, 0.15) is 25.3 Å². The second kappa shape index (κ2) is 7.67. The van der Waals surface area contributed by atoms with E-state index in [1.165, 1.54) is 4.90 Å². The van der Waals surface area contributed by atoms with Crippen LogP contribution in [0, 0.1) is 17.7 Å². The average molecular weight is 337 g/mol. The van der Waals surface area contributed by atoms with Crippen molar-refractivity contribution in [2.45, 2.75) is 31.1 Å². The van der Waals surface area contributed by atoms with E-state index < -0.39 is 0 Å². The highest BCUT2D eigenvalue weighted by atomic mass is 32.2. The zero-order valence-electron chi connectivity index (χ0n) is 13.6. The number of ether oxygens (including phenoxy) is 1. The van der Waals surface area contributed by atoms with Gasteiger partial charge in [0.1, 0.15) is 5.82 Å². The molecule has 1 saturated heterocycles. The van der Waals surface area contributed by atoms with Crippen LogP contribution in [0.5, 0.6) is 0 Å². The fraction of sp³-hybridized carbons (Fsp3) is 0.611. The monoisotopic (exact) mass is 337 g/mol. The van der Waals surface area contributed by atoms with E-state index in [0.29, 0.717) is 12.5 Å². The molecule has 126 valence electrons. The zero-order valence-corrected chi connectivity index (χ0v) is 14.4. The van der Waals surface area contributed by atoms with Crippen LogP contribution in [0.2, 0.25) is 0 Å². The second-order valence-electron chi connectivity index (χ2n) is 6.46. The molecule has 3 rings (SSSR count). The maximum atomic E-state index is 13.4. The number of hydrogen-bond donors (Lipinski definition) is 0. The zero-order chi connectivity index (χ0) is 16.2. The van der Waals surface area contributed by atoms with Crippen LogP contribution >= 0.6 is 11.8 Å². The molecule has 1 atom stereocenters. The predicted octanol–water partition coefficient (Wildman–Crippen LogP) is 3.37. The molecule has 1 aromatic rings. The van der Waals surface area contributed by atoms with E-state index in [0.717, 1.165) is 50.2 Å². The van der Waals surface area contributed by atoms with Gasteiger partial charge in [-0.3, -0.25) is 4.79 Å². The van der Waals surface area contributed by atoms with Crippen LogP contribution in [0.15, 0.2) is 23.1 Å². The van der Waals surface area contributed by atoms with E-state index in [9.17, 15) is 9.18 Å². The number of nitrogens with zero attached hydrogens (tertiary/aromatic N) is 1. The molecular formula is C18H24FNO2S. The van der Waals surface area contributed by atoms with Crippen molar-refractivity contribution < 1.29 is 13.9 Å². The van der Waals surface area contributed by atoms with Gasteiger partial charge in [-0.15, -0.1) is 11.8 Å². The Kier molecular flexibility index (Phi) is 5.59. The second-order valence-corrected chi connectivity index (χ2v) is 7.52. The summed E-state index contributed by atoms with van der Waals surface area (Å²) in [6, 6.07) is 5.13. The Bertz CT molecular complexity index is 558. The predicted molar refractivity (Wildman–Crippen MR) is 90.1 cm³/mol. The first-order valence-corrected chi connectivity index (χ1v) is 9.44. The summed E-state index contributed by atoms with van der Waals surface area (Å²) in [5.41, 5.74) is 1.15. The first-order valence-electron chi connectivity index (χ1n) is 8.46. The van der Waals surface area contributed by atoms with E-state index in [1.807, 2.05) is 24.8 Å². The van der Waals surface area contributed by atoms with Crippen molar-refractivity contribution in [1.82, 2.24) is 4.90 Å². The van der Waals surface area contributed by atoms with Gasteiger partial charge in [0.15, 0.2) is 0 Å². The summed E-state index contributed by atoms with van der Waals surface area (Å²) in [5.74, 6) is 1.55. The molecule has 3 nitrogen and oxygen atoms in total. The average Bonchev–Trinajstić information content (AvgIpc) is 2.55. The molecule has 0 radical (unpaired) electrons. The van der Waals surface area contributed by atoms with Crippen LogP contribution in [0.25, 0.3) is 0 Å². The molecule has 2 aliphatic rings. The van der Waals surface area contributed by atoms with Crippen molar-refractivity contribution in [3.63, 3.8) is 0 Å². The lowest BCUT2D eigenvalue weighted by Crippen LogP contribution is -2.40. The van der Waals surface area contributed by atoms with Gasteiger partial charge in [-0.2, -0.15) is 0 Å². The third kappa shape index (κ3) is 4.27. The van der Waals surface area contributed by atoms with Crippen molar-refractivity contribution in [3.05, 3.63) is 29.6 Å². The van der Waals surface area contributed by atoms with Crippen molar-refractivity contribution in [3.8, 4) is 0 Å². The van der Waals surface area contributed by atoms with Crippen LogP contribution in [0.3, 0.4) is 0 Å².